The van der Waals surface area contributed by atoms with E-state index in [1.165, 1.54) is 11.5 Å². The number of hydrogen-bond acceptors (Lipinski definition) is 4. The summed E-state index contributed by atoms with van der Waals surface area (Å²) in [6.07, 6.45) is 1.54. The molecule has 0 spiro atoms. The lowest BCUT2D eigenvalue weighted by molar-refractivity contribution is -0.117. The van der Waals surface area contributed by atoms with Gasteiger partial charge in [-0.1, -0.05) is 36.4 Å². The first kappa shape index (κ1) is 23.4. The molecule has 0 aromatic heterocycles. The van der Waals surface area contributed by atoms with E-state index in [1.54, 1.807) is 12.1 Å². The second kappa shape index (κ2) is 10.8. The summed E-state index contributed by atoms with van der Waals surface area (Å²) in [5, 5.41) is 14.5. The Morgan fingerprint density at radius 2 is 1.88 bits per heavy atom. The van der Waals surface area contributed by atoms with Gasteiger partial charge in [-0.05, 0) is 82.9 Å². The van der Waals surface area contributed by atoms with E-state index in [1.807, 2.05) is 45.0 Å². The Kier molecular flexibility index (Phi) is 7.91. The average Bonchev–Trinajstić information content (AvgIpc) is 2.76. The zero-order chi connectivity index (χ0) is 23.1. The molecule has 0 aliphatic heterocycles. The van der Waals surface area contributed by atoms with Gasteiger partial charge < -0.3 is 14.8 Å². The third kappa shape index (κ3) is 5.89. The topological polar surface area (TPSA) is 71.3 Å². The number of hydrogen-bond donors (Lipinski definition) is 1. The summed E-state index contributed by atoms with van der Waals surface area (Å²) < 4.78 is 12.6. The van der Waals surface area contributed by atoms with E-state index < -0.39 is 5.91 Å². The predicted octanol–water partition coefficient (Wildman–Crippen LogP) is 6.01. The lowest BCUT2D eigenvalue weighted by atomic mass is 10.1. The molecule has 3 aromatic rings. The monoisotopic (exact) mass is 492 g/mol. The minimum absolute atomic E-state index is 0.0258. The fourth-order valence-electron chi connectivity index (χ4n) is 3.21. The SMILES string of the molecule is CCOc1cc(/C=C(/C#N)C(=O)NC(C)C)cc(Br)c1OCc1ccc2ccccc2c1. The molecule has 0 aliphatic rings. The first-order valence-electron chi connectivity index (χ1n) is 10.4. The lowest BCUT2D eigenvalue weighted by Gasteiger charge is -2.15. The zero-order valence-corrected chi connectivity index (χ0v) is 19.9. The van der Waals surface area contributed by atoms with Crippen LogP contribution in [0.15, 0.2) is 64.6 Å². The Balaban J connectivity index is 1.87. The van der Waals surface area contributed by atoms with Crippen molar-refractivity contribution in [1.82, 2.24) is 5.32 Å². The van der Waals surface area contributed by atoms with Crippen molar-refractivity contribution >= 4 is 38.7 Å². The molecule has 1 amide bonds. The van der Waals surface area contributed by atoms with Crippen molar-refractivity contribution in [2.45, 2.75) is 33.4 Å². The van der Waals surface area contributed by atoms with Crippen LogP contribution in [0.25, 0.3) is 16.8 Å². The van der Waals surface area contributed by atoms with Crippen LogP contribution >= 0.6 is 15.9 Å². The molecule has 0 saturated carbocycles. The molecule has 3 aromatic carbocycles. The fraction of sp³-hybridized carbons (Fsp3) is 0.231. The van der Waals surface area contributed by atoms with Gasteiger partial charge in [0.2, 0.25) is 0 Å². The van der Waals surface area contributed by atoms with Gasteiger partial charge in [0.05, 0.1) is 11.1 Å². The summed E-state index contributed by atoms with van der Waals surface area (Å²) >= 11 is 3.55. The van der Waals surface area contributed by atoms with Gasteiger partial charge in [0.15, 0.2) is 11.5 Å². The molecule has 164 valence electrons. The zero-order valence-electron chi connectivity index (χ0n) is 18.3. The van der Waals surface area contributed by atoms with Crippen LogP contribution in [0, 0.1) is 11.3 Å². The van der Waals surface area contributed by atoms with Crippen molar-refractivity contribution in [1.29, 1.82) is 5.26 Å². The van der Waals surface area contributed by atoms with Crippen LogP contribution in [0.1, 0.15) is 31.9 Å². The van der Waals surface area contributed by atoms with E-state index in [4.69, 9.17) is 9.47 Å². The fourth-order valence-corrected chi connectivity index (χ4v) is 3.79. The number of carbonyl (C=O) groups is 1. The van der Waals surface area contributed by atoms with Gasteiger partial charge in [-0.3, -0.25) is 4.79 Å². The highest BCUT2D eigenvalue weighted by Crippen LogP contribution is 2.38. The summed E-state index contributed by atoms with van der Waals surface area (Å²) in [5.41, 5.74) is 1.73. The van der Waals surface area contributed by atoms with E-state index in [-0.39, 0.29) is 11.6 Å². The standard InChI is InChI=1S/C26H25BrN2O3/c1-4-31-24-14-19(12-22(15-28)26(30)29-17(2)3)13-23(27)25(24)32-16-18-9-10-20-7-5-6-8-21(20)11-18/h5-14,17H,4,16H2,1-3H3,(H,29,30)/b22-12-. The maximum atomic E-state index is 12.2. The Morgan fingerprint density at radius 1 is 1.12 bits per heavy atom. The lowest BCUT2D eigenvalue weighted by Crippen LogP contribution is -2.30. The quantitative estimate of drug-likeness (QED) is 0.308. The Morgan fingerprint density at radius 3 is 2.56 bits per heavy atom. The molecule has 0 bridgehead atoms. The summed E-state index contributed by atoms with van der Waals surface area (Å²) in [7, 11) is 0. The Bertz CT molecular complexity index is 1200. The van der Waals surface area contributed by atoms with Crippen molar-refractivity contribution in [3.8, 4) is 17.6 Å². The van der Waals surface area contributed by atoms with Crippen molar-refractivity contribution in [2.24, 2.45) is 0 Å². The maximum Gasteiger partial charge on any atom is 0.262 e. The number of nitriles is 1. The molecule has 0 unspecified atom stereocenters. The number of fused-ring (bicyclic) bond motifs is 1. The van der Waals surface area contributed by atoms with E-state index in [9.17, 15) is 10.1 Å². The second-order valence-electron chi connectivity index (χ2n) is 7.53. The Labute approximate surface area is 196 Å². The number of ether oxygens (including phenoxy) is 2. The van der Waals surface area contributed by atoms with Gasteiger partial charge in [-0.2, -0.15) is 5.26 Å². The number of nitrogens with zero attached hydrogens (tertiary/aromatic N) is 1. The summed E-state index contributed by atoms with van der Waals surface area (Å²) in [6, 6.07) is 19.9. The van der Waals surface area contributed by atoms with Gasteiger partial charge in [0, 0.05) is 6.04 Å². The van der Waals surface area contributed by atoms with Crippen LogP contribution in [0.3, 0.4) is 0 Å². The van der Waals surface area contributed by atoms with Crippen LogP contribution in [-0.2, 0) is 11.4 Å². The molecular weight excluding hydrogens is 468 g/mol. The van der Waals surface area contributed by atoms with Gasteiger partial charge >= 0.3 is 0 Å². The first-order valence-corrected chi connectivity index (χ1v) is 11.2. The molecule has 0 radical (unpaired) electrons. The van der Waals surface area contributed by atoms with E-state index >= 15 is 0 Å². The van der Waals surface area contributed by atoms with Crippen LogP contribution in [0.4, 0.5) is 0 Å². The highest BCUT2D eigenvalue weighted by atomic mass is 79.9. The molecule has 0 fully saturated rings. The largest absolute Gasteiger partial charge is 0.490 e. The van der Waals surface area contributed by atoms with E-state index in [0.717, 1.165) is 10.9 Å². The molecule has 3 rings (SSSR count). The highest BCUT2D eigenvalue weighted by molar-refractivity contribution is 9.10. The van der Waals surface area contributed by atoms with E-state index in [2.05, 4.69) is 45.5 Å². The summed E-state index contributed by atoms with van der Waals surface area (Å²) in [6.45, 7) is 6.40. The van der Waals surface area contributed by atoms with Gasteiger partial charge in [0.1, 0.15) is 18.2 Å². The Hall–Kier alpha value is -3.30. The molecule has 32 heavy (non-hydrogen) atoms. The highest BCUT2D eigenvalue weighted by Gasteiger charge is 2.15. The molecule has 6 heteroatoms. The third-order valence-corrected chi connectivity index (χ3v) is 5.21. The van der Waals surface area contributed by atoms with Crippen molar-refractivity contribution in [3.63, 3.8) is 0 Å². The normalized spacial score (nSPS) is 11.3. The summed E-state index contributed by atoms with van der Waals surface area (Å²) in [4.78, 5) is 12.2. The van der Waals surface area contributed by atoms with E-state index in [0.29, 0.717) is 34.7 Å². The number of nitrogens with one attached hydrogen (secondary N) is 1. The van der Waals surface area contributed by atoms with Gasteiger partial charge in [-0.15, -0.1) is 0 Å². The van der Waals surface area contributed by atoms with Crippen molar-refractivity contribution in [2.75, 3.05) is 6.61 Å². The molecule has 0 aliphatic carbocycles. The number of halogens is 1. The number of benzene rings is 3. The van der Waals surface area contributed by atoms with Crippen LogP contribution in [0.5, 0.6) is 11.5 Å². The minimum atomic E-state index is -0.409. The molecule has 1 N–H and O–H groups in total. The number of carbonyl (C=O) groups excluding carboxylic acids is 1. The van der Waals surface area contributed by atoms with Crippen molar-refractivity contribution in [3.05, 3.63) is 75.8 Å². The van der Waals surface area contributed by atoms with Crippen LogP contribution in [0.2, 0.25) is 0 Å². The third-order valence-electron chi connectivity index (χ3n) is 4.62. The van der Waals surface area contributed by atoms with Gasteiger partial charge in [-0.25, -0.2) is 0 Å². The smallest absolute Gasteiger partial charge is 0.262 e. The summed E-state index contributed by atoms with van der Waals surface area (Å²) in [5.74, 6) is 0.700. The molecule has 0 saturated heterocycles. The second-order valence-corrected chi connectivity index (χ2v) is 8.39. The molecular formula is C26H25BrN2O3. The first-order chi connectivity index (χ1) is 15.4. The van der Waals surface area contributed by atoms with Crippen LogP contribution in [-0.4, -0.2) is 18.6 Å². The molecule has 0 heterocycles. The number of rotatable bonds is 8. The van der Waals surface area contributed by atoms with Crippen molar-refractivity contribution < 1.29 is 14.3 Å². The van der Waals surface area contributed by atoms with Gasteiger partial charge in [0.25, 0.3) is 5.91 Å². The molecule has 5 nitrogen and oxygen atoms in total. The predicted molar refractivity (Wildman–Crippen MR) is 130 cm³/mol. The molecule has 0 atom stereocenters. The van der Waals surface area contributed by atoms with Crippen LogP contribution < -0.4 is 14.8 Å². The number of amides is 1. The minimum Gasteiger partial charge on any atom is -0.490 e. The average molecular weight is 493 g/mol. The maximum absolute atomic E-state index is 12.2.